The Morgan fingerprint density at radius 2 is 1.86 bits per heavy atom. The van der Waals surface area contributed by atoms with Crippen molar-refractivity contribution in [3.63, 3.8) is 0 Å². The number of para-hydroxylation sites is 1. The van der Waals surface area contributed by atoms with Gasteiger partial charge in [0.25, 0.3) is 0 Å². The van der Waals surface area contributed by atoms with Gasteiger partial charge in [-0.3, -0.25) is 4.99 Å². The van der Waals surface area contributed by atoms with E-state index in [1.807, 2.05) is 30.3 Å². The molecule has 0 saturated carbocycles. The molecule has 120 valence electrons. The second kappa shape index (κ2) is 11.7. The summed E-state index contributed by atoms with van der Waals surface area (Å²) in [6.45, 7) is 8.10. The first-order chi connectivity index (χ1) is 9.63. The summed E-state index contributed by atoms with van der Waals surface area (Å²) in [5.41, 5.74) is 0. The molecule has 4 nitrogen and oxygen atoms in total. The maximum absolute atomic E-state index is 5.64. The van der Waals surface area contributed by atoms with Crippen LogP contribution < -0.4 is 15.4 Å². The summed E-state index contributed by atoms with van der Waals surface area (Å²) < 4.78 is 5.64. The van der Waals surface area contributed by atoms with Crippen LogP contribution in [0.3, 0.4) is 0 Å². The highest BCUT2D eigenvalue weighted by Crippen LogP contribution is 2.08. The molecule has 1 rings (SSSR count). The summed E-state index contributed by atoms with van der Waals surface area (Å²) in [7, 11) is 1.79. The van der Waals surface area contributed by atoms with Crippen molar-refractivity contribution in [3.05, 3.63) is 30.3 Å². The van der Waals surface area contributed by atoms with Gasteiger partial charge in [-0.2, -0.15) is 0 Å². The minimum absolute atomic E-state index is 0. The van der Waals surface area contributed by atoms with Crippen LogP contribution in [0.1, 0.15) is 27.2 Å². The monoisotopic (exact) mass is 405 g/mol. The Morgan fingerprint density at radius 1 is 1.19 bits per heavy atom. The number of ether oxygens (including phenoxy) is 1. The second-order valence-electron chi connectivity index (χ2n) is 5.19. The van der Waals surface area contributed by atoms with E-state index in [0.29, 0.717) is 18.6 Å². The fraction of sp³-hybridized carbons (Fsp3) is 0.562. The van der Waals surface area contributed by atoms with E-state index in [1.165, 1.54) is 0 Å². The zero-order valence-electron chi connectivity index (χ0n) is 13.4. The molecule has 1 aromatic carbocycles. The maximum Gasteiger partial charge on any atom is 0.191 e. The number of halogens is 1. The van der Waals surface area contributed by atoms with Crippen molar-refractivity contribution in [1.29, 1.82) is 0 Å². The number of benzene rings is 1. The van der Waals surface area contributed by atoms with Crippen LogP contribution >= 0.6 is 24.0 Å². The van der Waals surface area contributed by atoms with Gasteiger partial charge in [0, 0.05) is 19.6 Å². The Hall–Kier alpha value is -0.980. The highest BCUT2D eigenvalue weighted by Gasteiger charge is 2.08. The van der Waals surface area contributed by atoms with Crippen LogP contribution in [-0.2, 0) is 0 Å². The SMILES string of the molecule is CN=C(NCCCOc1ccccc1)NC(C)C(C)C.I. The Balaban J connectivity index is 0.00000400. The van der Waals surface area contributed by atoms with Gasteiger partial charge in [0.05, 0.1) is 6.61 Å². The predicted octanol–water partition coefficient (Wildman–Crippen LogP) is 3.28. The zero-order chi connectivity index (χ0) is 14.8. The topological polar surface area (TPSA) is 45.7 Å². The smallest absolute Gasteiger partial charge is 0.191 e. The van der Waals surface area contributed by atoms with E-state index in [9.17, 15) is 0 Å². The normalized spacial score (nSPS) is 12.5. The molecule has 21 heavy (non-hydrogen) atoms. The number of hydrogen-bond acceptors (Lipinski definition) is 2. The van der Waals surface area contributed by atoms with Crippen LogP contribution in [0.4, 0.5) is 0 Å². The van der Waals surface area contributed by atoms with E-state index in [1.54, 1.807) is 7.05 Å². The van der Waals surface area contributed by atoms with E-state index in [2.05, 4.69) is 36.4 Å². The standard InChI is InChI=1S/C16H27N3O.HI/c1-13(2)14(3)19-16(17-4)18-11-8-12-20-15-9-6-5-7-10-15;/h5-7,9-10,13-14H,8,11-12H2,1-4H3,(H2,17,18,19);1H. The molecule has 1 unspecified atom stereocenters. The third kappa shape index (κ3) is 8.80. The lowest BCUT2D eigenvalue weighted by atomic mass is 10.1. The summed E-state index contributed by atoms with van der Waals surface area (Å²) in [4.78, 5) is 4.22. The van der Waals surface area contributed by atoms with Crippen LogP contribution in [0.25, 0.3) is 0 Å². The van der Waals surface area contributed by atoms with Crippen LogP contribution in [0, 0.1) is 5.92 Å². The fourth-order valence-electron chi connectivity index (χ4n) is 1.56. The van der Waals surface area contributed by atoms with Crippen molar-refractivity contribution in [2.24, 2.45) is 10.9 Å². The van der Waals surface area contributed by atoms with Crippen LogP contribution in [-0.4, -0.2) is 32.2 Å². The summed E-state index contributed by atoms with van der Waals surface area (Å²) >= 11 is 0. The lowest BCUT2D eigenvalue weighted by Crippen LogP contribution is -2.44. The van der Waals surface area contributed by atoms with Crippen LogP contribution in [0.5, 0.6) is 5.75 Å². The highest BCUT2D eigenvalue weighted by atomic mass is 127. The summed E-state index contributed by atoms with van der Waals surface area (Å²) in [5.74, 6) is 2.35. The molecule has 0 fully saturated rings. The summed E-state index contributed by atoms with van der Waals surface area (Å²) in [6.07, 6.45) is 0.936. The molecule has 2 N–H and O–H groups in total. The lowest BCUT2D eigenvalue weighted by molar-refractivity contribution is 0.311. The quantitative estimate of drug-likeness (QED) is 0.317. The van der Waals surface area contributed by atoms with E-state index in [0.717, 1.165) is 24.7 Å². The first-order valence-corrected chi connectivity index (χ1v) is 7.28. The van der Waals surface area contributed by atoms with Gasteiger partial charge in [-0.25, -0.2) is 0 Å². The molecule has 0 heterocycles. The molecule has 1 atom stereocenters. The number of nitrogens with one attached hydrogen (secondary N) is 2. The van der Waals surface area contributed by atoms with Gasteiger partial charge < -0.3 is 15.4 Å². The largest absolute Gasteiger partial charge is 0.494 e. The minimum Gasteiger partial charge on any atom is -0.494 e. The van der Waals surface area contributed by atoms with Gasteiger partial charge in [-0.1, -0.05) is 32.0 Å². The number of guanidine groups is 1. The van der Waals surface area contributed by atoms with Gasteiger partial charge in [0.1, 0.15) is 5.75 Å². The molecule has 0 aliphatic heterocycles. The van der Waals surface area contributed by atoms with E-state index in [-0.39, 0.29) is 24.0 Å². The van der Waals surface area contributed by atoms with Crippen molar-refractivity contribution >= 4 is 29.9 Å². The second-order valence-corrected chi connectivity index (χ2v) is 5.19. The van der Waals surface area contributed by atoms with Crippen LogP contribution in [0.2, 0.25) is 0 Å². The molecule has 0 saturated heterocycles. The first kappa shape index (κ1) is 20.0. The fourth-order valence-corrected chi connectivity index (χ4v) is 1.56. The number of nitrogens with zero attached hydrogens (tertiary/aromatic N) is 1. The molecule has 0 aliphatic rings. The zero-order valence-corrected chi connectivity index (χ0v) is 15.8. The van der Waals surface area contributed by atoms with Gasteiger partial charge in [-0.15, -0.1) is 24.0 Å². The van der Waals surface area contributed by atoms with Crippen molar-refractivity contribution in [2.45, 2.75) is 33.2 Å². The molecule has 1 aromatic rings. The van der Waals surface area contributed by atoms with Gasteiger partial charge in [0.15, 0.2) is 5.96 Å². The number of aliphatic imine (C=N–C) groups is 1. The van der Waals surface area contributed by atoms with Crippen molar-refractivity contribution < 1.29 is 4.74 Å². The Kier molecular flexibility index (Phi) is 11.1. The van der Waals surface area contributed by atoms with Gasteiger partial charge >= 0.3 is 0 Å². The number of hydrogen-bond donors (Lipinski definition) is 2. The van der Waals surface area contributed by atoms with Crippen LogP contribution in [0.15, 0.2) is 35.3 Å². The first-order valence-electron chi connectivity index (χ1n) is 7.28. The van der Waals surface area contributed by atoms with Gasteiger partial charge in [-0.05, 0) is 31.4 Å². The third-order valence-electron chi connectivity index (χ3n) is 3.21. The molecule has 0 radical (unpaired) electrons. The van der Waals surface area contributed by atoms with E-state index in [4.69, 9.17) is 4.74 Å². The van der Waals surface area contributed by atoms with Crippen molar-refractivity contribution in [2.75, 3.05) is 20.2 Å². The van der Waals surface area contributed by atoms with E-state index >= 15 is 0 Å². The molecule has 0 bridgehead atoms. The molecule has 5 heteroatoms. The Morgan fingerprint density at radius 3 is 2.43 bits per heavy atom. The molecular formula is C16H28IN3O. The maximum atomic E-state index is 5.64. The highest BCUT2D eigenvalue weighted by molar-refractivity contribution is 14.0. The predicted molar refractivity (Wildman–Crippen MR) is 101 cm³/mol. The van der Waals surface area contributed by atoms with E-state index < -0.39 is 0 Å². The minimum atomic E-state index is 0. The lowest BCUT2D eigenvalue weighted by Gasteiger charge is -2.20. The summed E-state index contributed by atoms with van der Waals surface area (Å²) in [5, 5.41) is 6.67. The number of rotatable bonds is 7. The van der Waals surface area contributed by atoms with Crippen molar-refractivity contribution in [1.82, 2.24) is 10.6 Å². The summed E-state index contributed by atoms with van der Waals surface area (Å²) in [6, 6.07) is 10.3. The Bertz CT molecular complexity index is 396. The van der Waals surface area contributed by atoms with Gasteiger partial charge in [0.2, 0.25) is 0 Å². The van der Waals surface area contributed by atoms with Crippen molar-refractivity contribution in [3.8, 4) is 5.75 Å². The average Bonchev–Trinajstić information content (AvgIpc) is 2.46. The molecule has 0 aliphatic carbocycles. The Labute approximate surface area is 145 Å². The molecular weight excluding hydrogens is 377 g/mol. The molecule has 0 spiro atoms. The molecule has 0 amide bonds. The average molecular weight is 405 g/mol. The molecule has 0 aromatic heterocycles. The third-order valence-corrected chi connectivity index (χ3v) is 3.21.